The number of aromatic amines is 1. The molecule has 0 amide bonds. The highest BCUT2D eigenvalue weighted by Crippen LogP contribution is 2.30. The topological polar surface area (TPSA) is 62.3 Å². The van der Waals surface area contributed by atoms with Crippen LogP contribution in [-0.4, -0.2) is 23.2 Å². The van der Waals surface area contributed by atoms with Crippen molar-refractivity contribution in [3.63, 3.8) is 0 Å². The Hall–Kier alpha value is -2.23. The van der Waals surface area contributed by atoms with E-state index in [2.05, 4.69) is 4.98 Å². The summed E-state index contributed by atoms with van der Waals surface area (Å²) in [5.41, 5.74) is 3.57. The maximum absolute atomic E-state index is 10.8. The predicted molar refractivity (Wildman–Crippen MR) is 70.9 cm³/mol. The number of aromatic nitrogens is 1. The largest absolute Gasteiger partial charge is 0.497 e. The van der Waals surface area contributed by atoms with E-state index in [4.69, 9.17) is 9.84 Å². The number of fused-ring (bicyclic) bond motifs is 1. The highest BCUT2D eigenvalue weighted by atomic mass is 16.5. The molecule has 0 bridgehead atoms. The number of nitrogens with one attached hydrogen (secondary N) is 1. The molecule has 2 aromatic rings. The number of carboxylic acid groups (broad SMARTS) is 1. The van der Waals surface area contributed by atoms with Crippen LogP contribution in [0.25, 0.3) is 16.5 Å². The molecule has 1 heterocycles. The molecule has 1 aromatic carbocycles. The molecular weight excluding hydrogens is 230 g/mol. The summed E-state index contributed by atoms with van der Waals surface area (Å²) in [5, 5.41) is 9.81. The number of rotatable bonds is 3. The Balaban J connectivity index is 2.68. The lowest BCUT2D eigenvalue weighted by Gasteiger charge is -2.03. The molecule has 0 aliphatic heterocycles. The molecule has 0 aliphatic rings. The number of methoxy groups -OCH3 is 1. The van der Waals surface area contributed by atoms with E-state index in [1.165, 1.54) is 6.08 Å². The number of carbonyl (C=O) groups is 1. The van der Waals surface area contributed by atoms with E-state index < -0.39 is 5.97 Å². The summed E-state index contributed by atoms with van der Waals surface area (Å²) in [7, 11) is 1.61. The summed E-state index contributed by atoms with van der Waals surface area (Å²) in [6, 6.07) is 5.71. The molecular formula is C14H15NO3. The number of H-pyrrole nitrogens is 1. The van der Waals surface area contributed by atoms with Gasteiger partial charge in [0.15, 0.2) is 0 Å². The lowest BCUT2D eigenvalue weighted by molar-refractivity contribution is -0.131. The van der Waals surface area contributed by atoms with E-state index in [9.17, 15) is 4.79 Å². The van der Waals surface area contributed by atoms with Crippen molar-refractivity contribution in [1.29, 1.82) is 0 Å². The Morgan fingerprint density at radius 2 is 2.17 bits per heavy atom. The number of benzene rings is 1. The normalized spacial score (nSPS) is 11.8. The van der Waals surface area contributed by atoms with Crippen molar-refractivity contribution < 1.29 is 14.6 Å². The highest BCUT2D eigenvalue weighted by Gasteiger charge is 2.11. The average Bonchev–Trinajstić information content (AvgIpc) is 2.62. The fourth-order valence-electron chi connectivity index (χ4n) is 2.20. The number of allylic oxidation sites excluding steroid dienone is 1. The summed E-state index contributed by atoms with van der Waals surface area (Å²) < 4.78 is 5.20. The zero-order valence-electron chi connectivity index (χ0n) is 10.6. The third-order valence-corrected chi connectivity index (χ3v) is 2.93. The molecule has 0 saturated carbocycles. The predicted octanol–water partition coefficient (Wildman–Crippen LogP) is 2.97. The lowest BCUT2D eigenvalue weighted by Crippen LogP contribution is -1.91. The van der Waals surface area contributed by atoms with Gasteiger partial charge in [0.25, 0.3) is 0 Å². The molecule has 4 heteroatoms. The molecule has 0 radical (unpaired) electrons. The molecule has 4 nitrogen and oxygen atoms in total. The first-order valence-electron chi connectivity index (χ1n) is 5.61. The van der Waals surface area contributed by atoms with Gasteiger partial charge in [-0.3, -0.25) is 0 Å². The van der Waals surface area contributed by atoms with E-state index in [-0.39, 0.29) is 0 Å². The Bertz CT molecular complexity index is 638. The van der Waals surface area contributed by atoms with Crippen LogP contribution in [0.1, 0.15) is 18.2 Å². The molecule has 2 rings (SSSR count). The van der Waals surface area contributed by atoms with E-state index in [0.29, 0.717) is 0 Å². The SMILES string of the molecule is COc1ccc2[nH]c(C)c(/C(C)=C/C(=O)O)c2c1. The molecule has 2 N–H and O–H groups in total. The Labute approximate surface area is 105 Å². The monoisotopic (exact) mass is 245 g/mol. The molecule has 18 heavy (non-hydrogen) atoms. The minimum Gasteiger partial charge on any atom is -0.497 e. The van der Waals surface area contributed by atoms with Gasteiger partial charge in [-0.2, -0.15) is 0 Å². The summed E-state index contributed by atoms with van der Waals surface area (Å²) in [5.74, 6) is -0.185. The highest BCUT2D eigenvalue weighted by molar-refractivity contribution is 5.99. The molecule has 1 aromatic heterocycles. The van der Waals surface area contributed by atoms with Crippen LogP contribution in [0.2, 0.25) is 0 Å². The molecule has 0 saturated heterocycles. The van der Waals surface area contributed by atoms with Gasteiger partial charge in [-0.05, 0) is 37.6 Å². The number of ether oxygens (including phenoxy) is 1. The Morgan fingerprint density at radius 1 is 1.44 bits per heavy atom. The third-order valence-electron chi connectivity index (χ3n) is 2.93. The van der Waals surface area contributed by atoms with E-state index >= 15 is 0 Å². The first kappa shape index (κ1) is 12.2. The van der Waals surface area contributed by atoms with Crippen LogP contribution in [0.15, 0.2) is 24.3 Å². The minimum absolute atomic E-state index is 0.722. The van der Waals surface area contributed by atoms with Gasteiger partial charge in [0.1, 0.15) is 5.75 Å². The van der Waals surface area contributed by atoms with Gasteiger partial charge in [0, 0.05) is 28.2 Å². The second kappa shape index (κ2) is 4.56. The number of aryl methyl sites for hydroxylation is 1. The van der Waals surface area contributed by atoms with Crippen LogP contribution >= 0.6 is 0 Å². The second-order valence-electron chi connectivity index (χ2n) is 4.20. The Kier molecular flexibility index (Phi) is 3.10. The maximum atomic E-state index is 10.8. The summed E-state index contributed by atoms with van der Waals surface area (Å²) in [4.78, 5) is 14.0. The minimum atomic E-state index is -0.941. The molecule has 0 atom stereocenters. The van der Waals surface area contributed by atoms with E-state index in [0.717, 1.165) is 33.5 Å². The van der Waals surface area contributed by atoms with Crippen molar-refractivity contribution >= 4 is 22.4 Å². The van der Waals surface area contributed by atoms with Crippen LogP contribution in [0.5, 0.6) is 5.75 Å². The van der Waals surface area contributed by atoms with Gasteiger partial charge < -0.3 is 14.8 Å². The van der Waals surface area contributed by atoms with Gasteiger partial charge >= 0.3 is 5.97 Å². The Morgan fingerprint density at radius 3 is 2.78 bits per heavy atom. The van der Waals surface area contributed by atoms with Crippen molar-refractivity contribution in [3.8, 4) is 5.75 Å². The first-order valence-corrected chi connectivity index (χ1v) is 5.61. The standard InChI is InChI=1S/C14H15NO3/c1-8(6-13(16)17)14-9(2)15-12-5-4-10(18-3)7-11(12)14/h4-7,15H,1-3H3,(H,16,17)/b8-6+. The van der Waals surface area contributed by atoms with E-state index in [1.807, 2.05) is 25.1 Å². The zero-order valence-corrected chi connectivity index (χ0v) is 10.6. The fraction of sp³-hybridized carbons (Fsp3) is 0.214. The second-order valence-corrected chi connectivity index (χ2v) is 4.20. The number of carboxylic acids is 1. The van der Waals surface area contributed by atoms with Crippen LogP contribution < -0.4 is 4.74 Å². The summed E-state index contributed by atoms with van der Waals surface area (Å²) in [6.07, 6.45) is 1.22. The van der Waals surface area contributed by atoms with Gasteiger partial charge in [-0.15, -0.1) is 0 Å². The van der Waals surface area contributed by atoms with Crippen LogP contribution in [0.3, 0.4) is 0 Å². The maximum Gasteiger partial charge on any atom is 0.328 e. The van der Waals surface area contributed by atoms with Crippen LogP contribution in [-0.2, 0) is 4.79 Å². The van der Waals surface area contributed by atoms with Crippen molar-refractivity contribution in [1.82, 2.24) is 4.98 Å². The van der Waals surface area contributed by atoms with Gasteiger partial charge in [0.05, 0.1) is 7.11 Å². The molecule has 94 valence electrons. The van der Waals surface area contributed by atoms with Crippen molar-refractivity contribution in [2.24, 2.45) is 0 Å². The first-order chi connectivity index (χ1) is 8.52. The smallest absolute Gasteiger partial charge is 0.328 e. The fourth-order valence-corrected chi connectivity index (χ4v) is 2.20. The lowest BCUT2D eigenvalue weighted by atomic mass is 10.0. The van der Waals surface area contributed by atoms with Crippen molar-refractivity contribution in [3.05, 3.63) is 35.5 Å². The van der Waals surface area contributed by atoms with Crippen LogP contribution in [0.4, 0.5) is 0 Å². The molecule has 0 unspecified atom stereocenters. The molecule has 0 spiro atoms. The number of aliphatic carboxylic acids is 1. The summed E-state index contributed by atoms with van der Waals surface area (Å²) in [6.45, 7) is 3.73. The van der Waals surface area contributed by atoms with Gasteiger partial charge in [-0.1, -0.05) is 0 Å². The summed E-state index contributed by atoms with van der Waals surface area (Å²) >= 11 is 0. The average molecular weight is 245 g/mol. The zero-order chi connectivity index (χ0) is 13.3. The third kappa shape index (κ3) is 2.09. The molecule has 0 fully saturated rings. The van der Waals surface area contributed by atoms with Gasteiger partial charge in [0.2, 0.25) is 0 Å². The van der Waals surface area contributed by atoms with Crippen LogP contribution in [0, 0.1) is 6.92 Å². The number of hydrogen-bond acceptors (Lipinski definition) is 2. The van der Waals surface area contributed by atoms with Gasteiger partial charge in [-0.25, -0.2) is 4.79 Å². The van der Waals surface area contributed by atoms with Crippen molar-refractivity contribution in [2.45, 2.75) is 13.8 Å². The van der Waals surface area contributed by atoms with E-state index in [1.54, 1.807) is 14.0 Å². The van der Waals surface area contributed by atoms with Crippen molar-refractivity contribution in [2.75, 3.05) is 7.11 Å². The number of hydrogen-bond donors (Lipinski definition) is 2. The molecule has 0 aliphatic carbocycles. The quantitative estimate of drug-likeness (QED) is 0.817.